The third kappa shape index (κ3) is 5.53. The van der Waals surface area contributed by atoms with E-state index in [1.807, 2.05) is 23.6 Å². The van der Waals surface area contributed by atoms with E-state index in [1.54, 1.807) is 19.0 Å². The molecular weight excluding hydrogens is 268 g/mol. The Kier molecular flexibility index (Phi) is 7.50. The molecule has 122 valence electrons. The SMILES string of the molecule is CCN(CC)C(=O)CCNC1CCN(C(=O)N(C)C)CC1. The van der Waals surface area contributed by atoms with E-state index < -0.39 is 0 Å². The number of amides is 3. The van der Waals surface area contributed by atoms with Gasteiger partial charge in [0.1, 0.15) is 0 Å². The monoisotopic (exact) mass is 298 g/mol. The molecule has 0 unspecified atom stereocenters. The highest BCUT2D eigenvalue weighted by molar-refractivity contribution is 5.76. The lowest BCUT2D eigenvalue weighted by Gasteiger charge is -2.34. The molecule has 0 aromatic carbocycles. The molecular formula is C15H30N4O2. The van der Waals surface area contributed by atoms with Crippen LogP contribution in [0.1, 0.15) is 33.1 Å². The van der Waals surface area contributed by atoms with Gasteiger partial charge in [-0.25, -0.2) is 4.79 Å². The van der Waals surface area contributed by atoms with Crippen molar-refractivity contribution in [2.75, 3.05) is 46.8 Å². The summed E-state index contributed by atoms with van der Waals surface area (Å²) < 4.78 is 0. The van der Waals surface area contributed by atoms with Crippen LogP contribution in [0.25, 0.3) is 0 Å². The van der Waals surface area contributed by atoms with E-state index in [1.165, 1.54) is 0 Å². The van der Waals surface area contributed by atoms with Gasteiger partial charge in [-0.05, 0) is 26.7 Å². The Balaban J connectivity index is 2.22. The minimum absolute atomic E-state index is 0.0881. The Hall–Kier alpha value is -1.30. The van der Waals surface area contributed by atoms with E-state index in [9.17, 15) is 9.59 Å². The number of hydrogen-bond donors (Lipinski definition) is 1. The Morgan fingerprint density at radius 1 is 1.14 bits per heavy atom. The topological polar surface area (TPSA) is 55.9 Å². The van der Waals surface area contributed by atoms with Gasteiger partial charge >= 0.3 is 6.03 Å². The number of likely N-dealkylation sites (tertiary alicyclic amines) is 1. The summed E-state index contributed by atoms with van der Waals surface area (Å²) >= 11 is 0. The van der Waals surface area contributed by atoms with Crippen LogP contribution in [-0.2, 0) is 4.79 Å². The van der Waals surface area contributed by atoms with Crippen molar-refractivity contribution in [3.8, 4) is 0 Å². The number of hydrogen-bond acceptors (Lipinski definition) is 3. The van der Waals surface area contributed by atoms with Gasteiger partial charge in [0.15, 0.2) is 0 Å². The van der Waals surface area contributed by atoms with Crippen LogP contribution in [0.5, 0.6) is 0 Å². The van der Waals surface area contributed by atoms with E-state index >= 15 is 0 Å². The molecule has 1 saturated heterocycles. The molecule has 0 spiro atoms. The first kappa shape index (κ1) is 17.8. The molecule has 1 N–H and O–H groups in total. The zero-order valence-corrected chi connectivity index (χ0v) is 13.9. The third-order valence-corrected chi connectivity index (χ3v) is 4.04. The number of nitrogens with zero attached hydrogens (tertiary/aromatic N) is 3. The van der Waals surface area contributed by atoms with Crippen molar-refractivity contribution in [3.63, 3.8) is 0 Å². The van der Waals surface area contributed by atoms with Crippen molar-refractivity contribution >= 4 is 11.9 Å². The van der Waals surface area contributed by atoms with Crippen molar-refractivity contribution in [1.82, 2.24) is 20.0 Å². The average Bonchev–Trinajstić information content (AvgIpc) is 2.48. The first-order valence-corrected chi connectivity index (χ1v) is 7.96. The molecule has 0 aromatic rings. The Morgan fingerprint density at radius 3 is 2.19 bits per heavy atom. The normalized spacial score (nSPS) is 15.9. The maximum Gasteiger partial charge on any atom is 0.319 e. The molecule has 6 nitrogen and oxygen atoms in total. The number of carbonyl (C=O) groups is 2. The second-order valence-electron chi connectivity index (χ2n) is 5.71. The molecule has 0 radical (unpaired) electrons. The molecule has 0 aliphatic carbocycles. The van der Waals surface area contributed by atoms with E-state index in [4.69, 9.17) is 0 Å². The van der Waals surface area contributed by atoms with Gasteiger partial charge in [-0.2, -0.15) is 0 Å². The highest BCUT2D eigenvalue weighted by Crippen LogP contribution is 2.11. The lowest BCUT2D eigenvalue weighted by atomic mass is 10.1. The molecule has 0 atom stereocenters. The highest BCUT2D eigenvalue weighted by atomic mass is 16.2. The molecule has 1 rings (SSSR count). The summed E-state index contributed by atoms with van der Waals surface area (Å²) in [4.78, 5) is 29.1. The number of carbonyl (C=O) groups excluding carboxylic acids is 2. The van der Waals surface area contributed by atoms with Gasteiger partial charge in [-0.1, -0.05) is 0 Å². The number of piperidine rings is 1. The smallest absolute Gasteiger partial charge is 0.319 e. The summed E-state index contributed by atoms with van der Waals surface area (Å²) in [7, 11) is 3.57. The van der Waals surface area contributed by atoms with E-state index in [0.717, 1.165) is 45.6 Å². The van der Waals surface area contributed by atoms with Crippen LogP contribution in [0.15, 0.2) is 0 Å². The van der Waals surface area contributed by atoms with Crippen molar-refractivity contribution in [2.24, 2.45) is 0 Å². The van der Waals surface area contributed by atoms with Crippen LogP contribution in [0, 0.1) is 0 Å². The molecule has 0 aromatic heterocycles. The molecule has 1 aliphatic heterocycles. The van der Waals surface area contributed by atoms with Gasteiger partial charge in [-0.15, -0.1) is 0 Å². The Morgan fingerprint density at radius 2 is 1.71 bits per heavy atom. The molecule has 6 heteroatoms. The Labute approximate surface area is 128 Å². The second-order valence-corrected chi connectivity index (χ2v) is 5.71. The summed E-state index contributed by atoms with van der Waals surface area (Å²) in [6.07, 6.45) is 2.47. The first-order chi connectivity index (χ1) is 9.99. The van der Waals surface area contributed by atoms with E-state index in [2.05, 4.69) is 5.32 Å². The minimum atomic E-state index is 0.0881. The van der Waals surface area contributed by atoms with Gasteiger partial charge < -0.3 is 20.0 Å². The van der Waals surface area contributed by atoms with Crippen molar-refractivity contribution in [2.45, 2.75) is 39.2 Å². The minimum Gasteiger partial charge on any atom is -0.343 e. The van der Waals surface area contributed by atoms with Crippen molar-refractivity contribution < 1.29 is 9.59 Å². The van der Waals surface area contributed by atoms with Crippen LogP contribution in [0.3, 0.4) is 0 Å². The van der Waals surface area contributed by atoms with Crippen LogP contribution in [0.2, 0.25) is 0 Å². The Bertz CT molecular complexity index is 335. The lowest BCUT2D eigenvalue weighted by molar-refractivity contribution is -0.130. The lowest BCUT2D eigenvalue weighted by Crippen LogP contribution is -2.48. The van der Waals surface area contributed by atoms with Crippen LogP contribution in [0.4, 0.5) is 4.79 Å². The van der Waals surface area contributed by atoms with Gasteiger partial charge in [0.25, 0.3) is 0 Å². The predicted octanol–water partition coefficient (Wildman–Crippen LogP) is 0.981. The summed E-state index contributed by atoms with van der Waals surface area (Å²) in [6, 6.07) is 0.505. The predicted molar refractivity (Wildman–Crippen MR) is 84.2 cm³/mol. The summed E-state index contributed by atoms with van der Waals surface area (Å²) in [5.74, 6) is 0.215. The molecule has 0 bridgehead atoms. The number of rotatable bonds is 6. The standard InChI is InChI=1S/C15H30N4O2/c1-5-18(6-2)14(20)7-10-16-13-8-11-19(12-9-13)15(21)17(3)4/h13,16H,5-12H2,1-4H3. The van der Waals surface area contributed by atoms with E-state index in [-0.39, 0.29) is 11.9 Å². The van der Waals surface area contributed by atoms with Crippen molar-refractivity contribution in [3.05, 3.63) is 0 Å². The van der Waals surface area contributed by atoms with Gasteiger partial charge in [0, 0.05) is 59.3 Å². The summed E-state index contributed by atoms with van der Waals surface area (Å²) in [6.45, 7) is 7.87. The van der Waals surface area contributed by atoms with Crippen LogP contribution < -0.4 is 5.32 Å². The van der Waals surface area contributed by atoms with Crippen LogP contribution in [-0.4, -0.2) is 79.5 Å². The largest absolute Gasteiger partial charge is 0.343 e. The number of nitrogens with one attached hydrogen (secondary N) is 1. The van der Waals surface area contributed by atoms with E-state index in [0.29, 0.717) is 12.5 Å². The number of urea groups is 1. The quantitative estimate of drug-likeness (QED) is 0.795. The molecule has 1 fully saturated rings. The third-order valence-electron chi connectivity index (χ3n) is 4.04. The van der Waals surface area contributed by atoms with Crippen molar-refractivity contribution in [1.29, 1.82) is 0 Å². The molecule has 3 amide bonds. The zero-order valence-electron chi connectivity index (χ0n) is 13.9. The maximum atomic E-state index is 11.9. The fraction of sp³-hybridized carbons (Fsp3) is 0.867. The highest BCUT2D eigenvalue weighted by Gasteiger charge is 2.23. The fourth-order valence-electron chi connectivity index (χ4n) is 2.68. The second kappa shape index (κ2) is 8.87. The fourth-order valence-corrected chi connectivity index (χ4v) is 2.68. The van der Waals surface area contributed by atoms with Gasteiger partial charge in [-0.3, -0.25) is 4.79 Å². The van der Waals surface area contributed by atoms with Crippen LogP contribution >= 0.6 is 0 Å². The van der Waals surface area contributed by atoms with Gasteiger partial charge in [0.2, 0.25) is 5.91 Å². The average molecular weight is 298 g/mol. The summed E-state index contributed by atoms with van der Waals surface area (Å²) in [5, 5.41) is 3.45. The first-order valence-electron chi connectivity index (χ1n) is 7.96. The van der Waals surface area contributed by atoms with Gasteiger partial charge in [0.05, 0.1) is 0 Å². The molecule has 1 heterocycles. The molecule has 1 aliphatic rings. The maximum absolute atomic E-state index is 11.9. The molecule has 0 saturated carbocycles. The summed E-state index contributed by atoms with van der Waals surface area (Å²) in [5.41, 5.74) is 0. The molecule has 21 heavy (non-hydrogen) atoms. The zero-order chi connectivity index (χ0) is 15.8.